The van der Waals surface area contributed by atoms with Crippen molar-refractivity contribution in [2.45, 2.75) is 0 Å². The molecule has 1 radical (unpaired) electrons. The molecule has 0 aliphatic carbocycles. The van der Waals surface area contributed by atoms with Crippen molar-refractivity contribution < 1.29 is 79.0 Å². The van der Waals surface area contributed by atoms with E-state index in [1.807, 2.05) is 0 Å². The van der Waals surface area contributed by atoms with Crippen molar-refractivity contribution in [2.75, 3.05) is 0 Å². The molecule has 55 valence electrons. The van der Waals surface area contributed by atoms with Crippen LogP contribution in [0.1, 0.15) is 1.43 Å². The van der Waals surface area contributed by atoms with Crippen molar-refractivity contribution in [2.24, 2.45) is 0 Å². The first-order valence-electron chi connectivity index (χ1n) is 0.783. The molecule has 0 aromatic rings. The third kappa shape index (κ3) is 220. The number of hydrogen-bond donors (Lipinski definition) is 3. The fourth-order valence-corrected chi connectivity index (χ4v) is 0. The van der Waals surface area contributed by atoms with E-state index < -0.39 is 7.82 Å². The van der Waals surface area contributed by atoms with Gasteiger partial charge in [-0.3, -0.25) is 4.70 Å². The summed E-state index contributed by atoms with van der Waals surface area (Å²) in [6, 6.07) is 0. The van der Waals surface area contributed by atoms with Crippen molar-refractivity contribution in [1.29, 1.82) is 0 Å². The maximum atomic E-state index is 8.88. The molecular weight excluding hydrogens is 204 g/mol. The van der Waals surface area contributed by atoms with Crippen molar-refractivity contribution in [3.63, 3.8) is 0 Å². The van der Waals surface area contributed by atoms with Crippen LogP contribution in [0.4, 0.5) is 4.70 Å². The van der Waals surface area contributed by atoms with Gasteiger partial charge >= 0.3 is 37.4 Å². The van der Waals surface area contributed by atoms with Crippen LogP contribution in [0.25, 0.3) is 0 Å². The van der Waals surface area contributed by atoms with E-state index in [4.69, 9.17) is 19.2 Å². The largest absolute Gasteiger partial charge is 1.00 e. The van der Waals surface area contributed by atoms with E-state index in [2.05, 4.69) is 0 Å². The first-order valence-corrected chi connectivity index (χ1v) is 2.35. The van der Waals surface area contributed by atoms with Gasteiger partial charge in [0, 0.05) is 18.6 Å². The van der Waals surface area contributed by atoms with E-state index in [1.165, 1.54) is 0 Å². The Morgan fingerprint density at radius 3 is 1.22 bits per heavy atom. The zero-order valence-corrected chi connectivity index (χ0v) is 8.84. The molecule has 0 aliphatic heterocycles. The topological polar surface area (TPSA) is 109 Å². The predicted octanol–water partition coefficient (Wildman–Crippen LogP) is -4.49. The summed E-state index contributed by atoms with van der Waals surface area (Å²) in [5.74, 6) is 0. The van der Waals surface area contributed by atoms with Crippen LogP contribution in [0.3, 0.4) is 0 Å². The molecule has 5 nitrogen and oxygen atoms in total. The molecule has 0 saturated heterocycles. The quantitative estimate of drug-likeness (QED) is 0.277. The zero-order valence-electron chi connectivity index (χ0n) is 5.55. The summed E-state index contributed by atoms with van der Waals surface area (Å²) in [6.45, 7) is 0. The van der Waals surface area contributed by atoms with Crippen LogP contribution in [0.15, 0.2) is 0 Å². The first kappa shape index (κ1) is 31.2. The Morgan fingerprint density at radius 1 is 1.22 bits per heavy atom. The van der Waals surface area contributed by atoms with Crippen molar-refractivity contribution in [3.8, 4) is 0 Å². The van der Waals surface area contributed by atoms with Gasteiger partial charge in [0.1, 0.15) is 0 Å². The number of rotatable bonds is 0. The number of hydrogen-bond acceptors (Lipinski definition) is 1. The molecular formula is H7FNaO5PV. The Bertz CT molecular complexity index is 67.8. The summed E-state index contributed by atoms with van der Waals surface area (Å²) in [5, 5.41) is 0. The molecule has 0 saturated carbocycles. The van der Waals surface area contributed by atoms with Gasteiger partial charge in [-0.05, 0) is 0 Å². The number of phosphoric acid groups is 1. The fraction of sp³-hybridized carbons (Fsp3) is 0. The minimum atomic E-state index is -4.64. The second kappa shape index (κ2) is 12.3. The van der Waals surface area contributed by atoms with Gasteiger partial charge in [0.15, 0.2) is 0 Å². The predicted molar refractivity (Wildman–Crippen MR) is 21.5 cm³/mol. The summed E-state index contributed by atoms with van der Waals surface area (Å²) in [5.41, 5.74) is 0. The molecule has 9 heavy (non-hydrogen) atoms. The SMILES string of the molecule is F.O.O=P(O)(O)O.[H-].[Na+].[V]. The van der Waals surface area contributed by atoms with Crippen LogP contribution < -0.4 is 29.6 Å². The van der Waals surface area contributed by atoms with E-state index in [9.17, 15) is 0 Å². The van der Waals surface area contributed by atoms with Crippen molar-refractivity contribution >= 4 is 7.82 Å². The molecule has 0 amide bonds. The van der Waals surface area contributed by atoms with Gasteiger partial charge in [-0.15, -0.1) is 0 Å². The van der Waals surface area contributed by atoms with Crippen LogP contribution >= 0.6 is 7.82 Å². The summed E-state index contributed by atoms with van der Waals surface area (Å²) in [6.07, 6.45) is 0. The Morgan fingerprint density at radius 2 is 1.22 bits per heavy atom. The van der Waals surface area contributed by atoms with Crippen LogP contribution in [0.5, 0.6) is 0 Å². The molecule has 0 unspecified atom stereocenters. The Labute approximate surface area is 86.4 Å². The summed E-state index contributed by atoms with van der Waals surface area (Å²) >= 11 is 0. The molecule has 0 atom stereocenters. The van der Waals surface area contributed by atoms with E-state index in [0.29, 0.717) is 0 Å². The van der Waals surface area contributed by atoms with Crippen LogP contribution in [-0.4, -0.2) is 20.2 Å². The van der Waals surface area contributed by atoms with Gasteiger partial charge in [0.05, 0.1) is 0 Å². The minimum absolute atomic E-state index is 0. The molecule has 0 rings (SSSR count). The number of halogens is 1. The minimum Gasteiger partial charge on any atom is -1.00 e. The summed E-state index contributed by atoms with van der Waals surface area (Å²) in [7, 11) is -4.64. The van der Waals surface area contributed by atoms with Crippen LogP contribution in [0.2, 0.25) is 0 Å². The van der Waals surface area contributed by atoms with Crippen molar-refractivity contribution in [1.82, 2.24) is 0 Å². The molecule has 0 bridgehead atoms. The zero-order chi connectivity index (χ0) is 4.50. The third-order valence-corrected chi connectivity index (χ3v) is 0. The van der Waals surface area contributed by atoms with Crippen LogP contribution in [-0.2, 0) is 23.1 Å². The molecule has 9 heteroatoms. The van der Waals surface area contributed by atoms with Gasteiger partial charge < -0.3 is 21.6 Å². The third-order valence-electron chi connectivity index (χ3n) is 0. The molecule has 0 aliphatic rings. The average molecular weight is 211 g/mol. The van der Waals surface area contributed by atoms with Gasteiger partial charge in [-0.2, -0.15) is 0 Å². The second-order valence-corrected chi connectivity index (χ2v) is 1.54. The average Bonchev–Trinajstić information content (AvgIpc) is 0.722. The van der Waals surface area contributed by atoms with E-state index in [1.54, 1.807) is 0 Å². The van der Waals surface area contributed by atoms with Gasteiger partial charge in [0.25, 0.3) is 0 Å². The van der Waals surface area contributed by atoms with E-state index in [0.717, 1.165) is 0 Å². The smallest absolute Gasteiger partial charge is 1.00 e. The van der Waals surface area contributed by atoms with E-state index in [-0.39, 0.29) is 59.7 Å². The first-order chi connectivity index (χ1) is 2.00. The molecule has 0 aromatic heterocycles. The standard InChI is InChI=1S/FH.Na.H3O4P.H2O.V.H/c;;1-5(2,3)4;;;/h1H;;(H3,1,2,3,4);1H2;;/q;+1;;;;-1. The fourth-order valence-electron chi connectivity index (χ4n) is 0. The summed E-state index contributed by atoms with van der Waals surface area (Å²) < 4.78 is 8.88. The molecule has 0 spiro atoms. The monoisotopic (exact) mass is 211 g/mol. The summed E-state index contributed by atoms with van der Waals surface area (Å²) in [4.78, 5) is 21.6. The molecule has 0 heterocycles. The van der Waals surface area contributed by atoms with E-state index >= 15 is 0 Å². The Kier molecular flexibility index (Phi) is 42.5. The van der Waals surface area contributed by atoms with Gasteiger partial charge in [0.2, 0.25) is 0 Å². The van der Waals surface area contributed by atoms with Gasteiger partial charge in [-0.1, -0.05) is 0 Å². The van der Waals surface area contributed by atoms with Crippen LogP contribution in [0, 0.1) is 0 Å². The maximum absolute atomic E-state index is 8.88. The molecule has 0 fully saturated rings. The van der Waals surface area contributed by atoms with Gasteiger partial charge in [-0.25, -0.2) is 4.57 Å². The normalized spacial score (nSPS) is 6.56. The Hall–Kier alpha value is 1.58. The van der Waals surface area contributed by atoms with Crippen molar-refractivity contribution in [3.05, 3.63) is 0 Å². The maximum Gasteiger partial charge on any atom is 1.00 e. The Balaban J connectivity index is -0.00000000800. The molecule has 5 N–H and O–H groups in total. The molecule has 0 aromatic carbocycles. The second-order valence-electron chi connectivity index (χ2n) is 0.513.